The number of nitrogens with one attached hydrogen (secondary N) is 2. The highest BCUT2D eigenvalue weighted by Gasteiger charge is 2.51. The molecule has 3 N–H and O–H groups in total. The molecular formula is C17H20N2O4S. The van der Waals surface area contributed by atoms with Crippen LogP contribution in [0.5, 0.6) is 0 Å². The van der Waals surface area contributed by atoms with Gasteiger partial charge in [0, 0.05) is 4.88 Å². The third kappa shape index (κ3) is 2.84. The number of hydrogen-bond donors (Lipinski definition) is 3. The van der Waals surface area contributed by atoms with Crippen LogP contribution in [-0.2, 0) is 16.0 Å². The lowest BCUT2D eigenvalue weighted by molar-refractivity contribution is -0.148. The van der Waals surface area contributed by atoms with Crippen molar-refractivity contribution < 1.29 is 19.5 Å². The molecule has 7 heteroatoms. The summed E-state index contributed by atoms with van der Waals surface area (Å²) in [5.41, 5.74) is 5.88. The number of amides is 2. The number of carbonyl (C=O) groups excluding carboxylic acids is 2. The molecule has 0 spiro atoms. The molecule has 0 radical (unpaired) electrons. The zero-order valence-corrected chi connectivity index (χ0v) is 14.4. The average Bonchev–Trinajstić information content (AvgIpc) is 3.25. The normalized spacial score (nSPS) is 27.2. The summed E-state index contributed by atoms with van der Waals surface area (Å²) in [6.45, 7) is 3.97. The lowest BCUT2D eigenvalue weighted by atomic mass is 9.82. The van der Waals surface area contributed by atoms with Gasteiger partial charge in [-0.3, -0.25) is 25.2 Å². The van der Waals surface area contributed by atoms with Crippen LogP contribution in [0.15, 0.2) is 18.2 Å². The molecule has 2 aliphatic carbocycles. The van der Waals surface area contributed by atoms with Gasteiger partial charge in [-0.1, -0.05) is 19.1 Å². The van der Waals surface area contributed by atoms with Crippen molar-refractivity contribution in [3.8, 4) is 0 Å². The maximum absolute atomic E-state index is 12.4. The predicted molar refractivity (Wildman–Crippen MR) is 89.4 cm³/mol. The largest absolute Gasteiger partial charge is 0.481 e. The van der Waals surface area contributed by atoms with Crippen LogP contribution in [0.3, 0.4) is 0 Å². The Morgan fingerprint density at radius 2 is 1.88 bits per heavy atom. The Hall–Kier alpha value is -2.15. The molecule has 1 saturated carbocycles. The molecule has 0 aromatic carbocycles. The lowest BCUT2D eigenvalue weighted by Gasteiger charge is -2.23. The van der Waals surface area contributed by atoms with E-state index in [2.05, 4.69) is 10.9 Å². The average molecular weight is 348 g/mol. The van der Waals surface area contributed by atoms with Crippen molar-refractivity contribution in [2.75, 3.05) is 0 Å². The number of carboxylic acids is 1. The van der Waals surface area contributed by atoms with E-state index in [0.29, 0.717) is 11.3 Å². The van der Waals surface area contributed by atoms with Gasteiger partial charge in [-0.2, -0.15) is 0 Å². The van der Waals surface area contributed by atoms with Gasteiger partial charge in [0.05, 0.1) is 16.7 Å². The summed E-state index contributed by atoms with van der Waals surface area (Å²) in [6.07, 6.45) is 5.33. The fraction of sp³-hybridized carbons (Fsp3) is 0.471. The van der Waals surface area contributed by atoms with E-state index >= 15 is 0 Å². The van der Waals surface area contributed by atoms with Crippen molar-refractivity contribution in [1.29, 1.82) is 0 Å². The van der Waals surface area contributed by atoms with E-state index in [1.165, 1.54) is 11.3 Å². The topological polar surface area (TPSA) is 95.5 Å². The highest BCUT2D eigenvalue weighted by Crippen LogP contribution is 2.48. The van der Waals surface area contributed by atoms with Crippen LogP contribution in [0.2, 0.25) is 0 Å². The van der Waals surface area contributed by atoms with Gasteiger partial charge in [0.25, 0.3) is 5.91 Å². The second-order valence-electron chi connectivity index (χ2n) is 6.35. The van der Waals surface area contributed by atoms with Crippen molar-refractivity contribution in [2.24, 2.45) is 23.7 Å². The first kappa shape index (κ1) is 16.7. The molecule has 0 unspecified atom stereocenters. The Kier molecular flexibility index (Phi) is 4.45. The molecule has 3 rings (SSSR count). The maximum Gasteiger partial charge on any atom is 0.307 e. The second kappa shape index (κ2) is 6.39. The summed E-state index contributed by atoms with van der Waals surface area (Å²) >= 11 is 1.40. The minimum atomic E-state index is -0.959. The van der Waals surface area contributed by atoms with Crippen molar-refractivity contribution in [3.05, 3.63) is 33.5 Å². The number of hydrogen-bond acceptors (Lipinski definition) is 4. The van der Waals surface area contributed by atoms with Crippen LogP contribution in [0.4, 0.5) is 0 Å². The molecule has 4 atom stereocenters. The smallest absolute Gasteiger partial charge is 0.307 e. The van der Waals surface area contributed by atoms with Gasteiger partial charge in [-0.15, -0.1) is 11.3 Å². The Morgan fingerprint density at radius 3 is 2.46 bits per heavy atom. The zero-order valence-electron chi connectivity index (χ0n) is 13.5. The molecule has 2 bridgehead atoms. The monoisotopic (exact) mass is 348 g/mol. The molecule has 1 aromatic rings. The fourth-order valence-corrected chi connectivity index (χ4v) is 4.77. The van der Waals surface area contributed by atoms with Crippen LogP contribution >= 0.6 is 11.3 Å². The van der Waals surface area contributed by atoms with Crippen molar-refractivity contribution in [1.82, 2.24) is 10.9 Å². The molecule has 24 heavy (non-hydrogen) atoms. The molecule has 1 fully saturated rings. The van der Waals surface area contributed by atoms with Crippen molar-refractivity contribution in [2.45, 2.75) is 26.7 Å². The number of fused-ring (bicyclic) bond motifs is 2. The molecular weight excluding hydrogens is 328 g/mol. The van der Waals surface area contributed by atoms with Crippen LogP contribution in [0, 0.1) is 30.6 Å². The first-order valence-corrected chi connectivity index (χ1v) is 8.84. The van der Waals surface area contributed by atoms with E-state index in [1.807, 2.05) is 26.0 Å². The second-order valence-corrected chi connectivity index (χ2v) is 7.49. The minimum absolute atomic E-state index is 0.0660. The van der Waals surface area contributed by atoms with Gasteiger partial charge in [0.15, 0.2) is 0 Å². The molecule has 2 amide bonds. The lowest BCUT2D eigenvalue weighted by Crippen LogP contribution is -2.48. The Labute approximate surface area is 143 Å². The SMILES string of the molecule is CCc1sc(C(=O)NNC(=O)[C@H]2[C@H](C(=O)O)[C@H]3C=C[C@H]2C3)cc1C. The summed E-state index contributed by atoms with van der Waals surface area (Å²) < 4.78 is 0. The number of aryl methyl sites for hydroxylation is 2. The third-order valence-corrected chi connectivity index (χ3v) is 6.29. The Balaban J connectivity index is 1.64. The molecule has 0 saturated heterocycles. The molecule has 0 aliphatic heterocycles. The van der Waals surface area contributed by atoms with E-state index in [0.717, 1.165) is 16.9 Å². The van der Waals surface area contributed by atoms with Gasteiger partial charge in [0.1, 0.15) is 0 Å². The highest BCUT2D eigenvalue weighted by molar-refractivity contribution is 7.14. The van der Waals surface area contributed by atoms with Gasteiger partial charge in [-0.05, 0) is 43.2 Å². The molecule has 6 nitrogen and oxygen atoms in total. The number of aliphatic carboxylic acids is 1. The Morgan fingerprint density at radius 1 is 1.21 bits per heavy atom. The van der Waals surface area contributed by atoms with E-state index in [-0.39, 0.29) is 17.7 Å². The number of carbonyl (C=O) groups is 3. The van der Waals surface area contributed by atoms with Gasteiger partial charge in [-0.25, -0.2) is 0 Å². The third-order valence-electron chi connectivity index (χ3n) is 4.91. The summed E-state index contributed by atoms with van der Waals surface area (Å²) in [5, 5.41) is 9.37. The molecule has 1 heterocycles. The zero-order chi connectivity index (χ0) is 17.4. The predicted octanol–water partition coefficient (Wildman–Crippen LogP) is 1.90. The number of hydrazine groups is 1. The van der Waals surface area contributed by atoms with Crippen LogP contribution in [0.1, 0.15) is 33.5 Å². The van der Waals surface area contributed by atoms with E-state index in [4.69, 9.17) is 0 Å². The first-order valence-electron chi connectivity index (χ1n) is 8.03. The van der Waals surface area contributed by atoms with Crippen LogP contribution in [0.25, 0.3) is 0 Å². The maximum atomic E-state index is 12.4. The van der Waals surface area contributed by atoms with E-state index in [1.54, 1.807) is 6.07 Å². The summed E-state index contributed by atoms with van der Waals surface area (Å²) in [5.74, 6) is -3.27. The van der Waals surface area contributed by atoms with Crippen LogP contribution in [-0.4, -0.2) is 22.9 Å². The summed E-state index contributed by atoms with van der Waals surface area (Å²) in [6, 6.07) is 1.80. The van der Waals surface area contributed by atoms with E-state index < -0.39 is 23.7 Å². The minimum Gasteiger partial charge on any atom is -0.481 e. The van der Waals surface area contributed by atoms with Crippen LogP contribution < -0.4 is 10.9 Å². The van der Waals surface area contributed by atoms with E-state index in [9.17, 15) is 19.5 Å². The number of allylic oxidation sites excluding steroid dienone is 2. The molecule has 1 aromatic heterocycles. The standard InChI is InChI=1S/C17H20N2O4S/c1-3-11-8(2)6-12(24-11)15(20)18-19-16(21)13-9-4-5-10(7-9)14(13)17(22)23/h4-6,9-10,13-14H,3,7H2,1-2H3,(H,18,20)(H,19,21)(H,22,23)/t9-,10-,13+,14+/m0/s1. The highest BCUT2D eigenvalue weighted by atomic mass is 32.1. The van der Waals surface area contributed by atoms with Gasteiger partial charge < -0.3 is 5.11 Å². The molecule has 2 aliphatic rings. The quantitative estimate of drug-likeness (QED) is 0.572. The first-order chi connectivity index (χ1) is 11.4. The summed E-state index contributed by atoms with van der Waals surface area (Å²) in [7, 11) is 0. The Bertz CT molecular complexity index is 724. The fourth-order valence-electron chi connectivity index (χ4n) is 3.76. The number of thiophene rings is 1. The number of rotatable bonds is 4. The molecule has 128 valence electrons. The van der Waals surface area contributed by atoms with Gasteiger partial charge in [0.2, 0.25) is 5.91 Å². The summed E-state index contributed by atoms with van der Waals surface area (Å²) in [4.78, 5) is 37.7. The van der Waals surface area contributed by atoms with Crippen molar-refractivity contribution >= 4 is 29.1 Å². The van der Waals surface area contributed by atoms with Gasteiger partial charge >= 0.3 is 5.97 Å². The van der Waals surface area contributed by atoms with Crippen molar-refractivity contribution in [3.63, 3.8) is 0 Å². The number of carboxylic acid groups (broad SMARTS) is 1.